The summed E-state index contributed by atoms with van der Waals surface area (Å²) in [6.45, 7) is 1.94. The van der Waals surface area contributed by atoms with Crippen molar-refractivity contribution in [3.8, 4) is 0 Å². The van der Waals surface area contributed by atoms with Gasteiger partial charge in [0.1, 0.15) is 0 Å². The van der Waals surface area contributed by atoms with Crippen LogP contribution in [0.15, 0.2) is 0 Å². The summed E-state index contributed by atoms with van der Waals surface area (Å²) in [7, 11) is -3.23. The molecule has 0 saturated heterocycles. The summed E-state index contributed by atoms with van der Waals surface area (Å²) in [5.74, 6) is 0.129. The molecule has 0 N–H and O–H groups in total. The molecular weight excluding hydrogens is 172 g/mol. The topological polar surface area (TPSA) is 43.4 Å². The normalized spacial score (nSPS) is 11.8. The van der Waals surface area contributed by atoms with Crippen molar-refractivity contribution in [2.45, 2.75) is 19.8 Å². The second-order valence-corrected chi connectivity index (χ2v) is 4.25. The Kier molecular flexibility index (Phi) is 5.11. The Balaban J connectivity index is 3.65. The maximum atomic E-state index is 10.7. The predicted molar refractivity (Wildman–Crippen MR) is 43.3 cm³/mol. The molecule has 0 spiro atoms. The molecule has 0 atom stereocenters. The lowest BCUT2D eigenvalue weighted by atomic mass is 10.4. The molecule has 0 heterocycles. The van der Waals surface area contributed by atoms with Gasteiger partial charge in [0.15, 0.2) is 0 Å². The van der Waals surface area contributed by atoms with Gasteiger partial charge in [-0.1, -0.05) is 13.3 Å². The van der Waals surface area contributed by atoms with E-state index in [2.05, 4.69) is 3.63 Å². The van der Waals surface area contributed by atoms with Crippen molar-refractivity contribution in [1.82, 2.24) is 0 Å². The van der Waals surface area contributed by atoms with Crippen LogP contribution in [0.4, 0.5) is 0 Å². The molecule has 3 nitrogen and oxygen atoms in total. The van der Waals surface area contributed by atoms with Crippen LogP contribution in [0.2, 0.25) is 0 Å². The van der Waals surface area contributed by atoms with Crippen LogP contribution in [-0.4, -0.2) is 20.4 Å². The molecule has 0 fully saturated rings. The van der Waals surface area contributed by atoms with Gasteiger partial charge in [-0.25, -0.2) is 0 Å². The Morgan fingerprint density at radius 1 is 1.50 bits per heavy atom. The zero-order chi connectivity index (χ0) is 8.04. The maximum absolute atomic E-state index is 10.7. The molecule has 0 aromatic rings. The van der Waals surface area contributed by atoms with E-state index < -0.39 is 10.1 Å². The van der Waals surface area contributed by atoms with Crippen molar-refractivity contribution in [3.05, 3.63) is 0 Å². The first-order valence-electron chi connectivity index (χ1n) is 3.07. The van der Waals surface area contributed by atoms with Crippen molar-refractivity contribution in [3.63, 3.8) is 0 Å². The van der Waals surface area contributed by atoms with Crippen LogP contribution in [0.5, 0.6) is 0 Å². The molecule has 10 heavy (non-hydrogen) atoms. The Labute approximate surface area is 66.5 Å². The molecule has 0 bridgehead atoms. The molecule has 0 rings (SSSR count). The lowest BCUT2D eigenvalue weighted by Gasteiger charge is -1.98. The average molecular weight is 184 g/mol. The highest BCUT2D eigenvalue weighted by Crippen LogP contribution is 2.06. The minimum atomic E-state index is -3.23. The highest BCUT2D eigenvalue weighted by Gasteiger charge is 2.08. The molecule has 0 saturated carbocycles. The van der Waals surface area contributed by atoms with Crippen molar-refractivity contribution < 1.29 is 12.0 Å². The van der Waals surface area contributed by atoms with Crippen molar-refractivity contribution in [2.75, 3.05) is 12.0 Å². The molecule has 0 aromatic heterocycles. The van der Waals surface area contributed by atoms with Gasteiger partial charge in [-0.15, -0.1) is 0 Å². The summed E-state index contributed by atoms with van der Waals surface area (Å²) in [5, 5.41) is 0. The van der Waals surface area contributed by atoms with Gasteiger partial charge in [-0.05, 0) is 6.42 Å². The van der Waals surface area contributed by atoms with Gasteiger partial charge >= 0.3 is 0 Å². The molecule has 0 radical (unpaired) electrons. The quantitative estimate of drug-likeness (QED) is 0.606. The molecule has 0 aromatic carbocycles. The van der Waals surface area contributed by atoms with Gasteiger partial charge in [0.25, 0.3) is 10.1 Å². The number of hydrogen-bond donors (Lipinski definition) is 0. The summed E-state index contributed by atoms with van der Waals surface area (Å²) in [6, 6.07) is 0. The highest BCUT2D eigenvalue weighted by atomic mass is 32.3. The monoisotopic (exact) mass is 184 g/mol. The smallest absolute Gasteiger partial charge is 0.198 e. The van der Waals surface area contributed by atoms with Crippen LogP contribution in [0.25, 0.3) is 0 Å². The van der Waals surface area contributed by atoms with Crippen LogP contribution in [0.3, 0.4) is 0 Å². The molecule has 0 unspecified atom stereocenters. The van der Waals surface area contributed by atoms with E-state index in [0.29, 0.717) is 6.42 Å². The molecular formula is C5H12O3S2. The fraction of sp³-hybridized carbons (Fsp3) is 1.00. The largest absolute Gasteiger partial charge is 0.278 e. The molecule has 5 heteroatoms. The van der Waals surface area contributed by atoms with E-state index >= 15 is 0 Å². The summed E-state index contributed by atoms with van der Waals surface area (Å²) in [4.78, 5) is 0. The van der Waals surface area contributed by atoms with Crippen LogP contribution in [0, 0.1) is 0 Å². The fourth-order valence-electron chi connectivity index (χ4n) is 0.459. The number of unbranched alkanes of at least 4 members (excludes halogenated alkanes) is 1. The van der Waals surface area contributed by atoms with Crippen LogP contribution >= 0.6 is 12.0 Å². The van der Waals surface area contributed by atoms with Crippen LogP contribution < -0.4 is 0 Å². The van der Waals surface area contributed by atoms with Gasteiger partial charge in [0.2, 0.25) is 0 Å². The van der Waals surface area contributed by atoms with Gasteiger partial charge in [-0.3, -0.25) is 0 Å². The second kappa shape index (κ2) is 4.98. The van der Waals surface area contributed by atoms with E-state index in [1.54, 1.807) is 6.26 Å². The first-order valence-corrected chi connectivity index (χ1v) is 5.80. The SMILES string of the molecule is CCCCS(=O)(=O)OSC. The van der Waals surface area contributed by atoms with Gasteiger partial charge in [0.05, 0.1) is 5.75 Å². The molecule has 0 aliphatic heterocycles. The third kappa shape index (κ3) is 5.08. The molecule has 0 aliphatic rings. The van der Waals surface area contributed by atoms with E-state index in [0.717, 1.165) is 18.5 Å². The lowest BCUT2D eigenvalue weighted by Crippen LogP contribution is -2.05. The van der Waals surface area contributed by atoms with Gasteiger partial charge in [0, 0.05) is 18.3 Å². The average Bonchev–Trinajstić information content (AvgIpc) is 1.84. The van der Waals surface area contributed by atoms with Crippen molar-refractivity contribution >= 4 is 22.2 Å². The first kappa shape index (κ1) is 10.3. The van der Waals surface area contributed by atoms with Crippen molar-refractivity contribution in [1.29, 1.82) is 0 Å². The minimum absolute atomic E-state index is 0.129. The van der Waals surface area contributed by atoms with E-state index in [1.165, 1.54) is 0 Å². The van der Waals surface area contributed by atoms with Crippen molar-refractivity contribution in [2.24, 2.45) is 0 Å². The third-order valence-corrected chi connectivity index (χ3v) is 3.08. The van der Waals surface area contributed by atoms with E-state index in [-0.39, 0.29) is 5.75 Å². The molecule has 62 valence electrons. The Hall–Kier alpha value is 0.260. The minimum Gasteiger partial charge on any atom is -0.198 e. The number of rotatable bonds is 5. The first-order chi connectivity index (χ1) is 4.62. The van der Waals surface area contributed by atoms with Crippen LogP contribution in [0.1, 0.15) is 19.8 Å². The van der Waals surface area contributed by atoms with E-state index in [4.69, 9.17) is 0 Å². The zero-order valence-corrected chi connectivity index (χ0v) is 7.80. The lowest BCUT2D eigenvalue weighted by molar-refractivity contribution is 0.516. The predicted octanol–water partition coefficient (Wildman–Crippen LogP) is 1.41. The van der Waals surface area contributed by atoms with E-state index in [1.807, 2.05) is 6.92 Å². The molecule has 0 aliphatic carbocycles. The summed E-state index contributed by atoms with van der Waals surface area (Å²) in [5.41, 5.74) is 0. The van der Waals surface area contributed by atoms with Gasteiger partial charge in [-0.2, -0.15) is 12.0 Å². The number of hydrogen-bond acceptors (Lipinski definition) is 4. The summed E-state index contributed by atoms with van der Waals surface area (Å²) < 4.78 is 25.9. The summed E-state index contributed by atoms with van der Waals surface area (Å²) in [6.07, 6.45) is 3.13. The standard InChI is InChI=1S/C5H12O3S2/c1-3-4-5-10(6,7)8-9-2/h3-5H2,1-2H3. The Morgan fingerprint density at radius 3 is 2.50 bits per heavy atom. The molecule has 0 amide bonds. The fourth-order valence-corrected chi connectivity index (χ4v) is 2.20. The van der Waals surface area contributed by atoms with Crippen LogP contribution in [-0.2, 0) is 13.7 Å². The Bertz CT molecular complexity index is 162. The zero-order valence-electron chi connectivity index (χ0n) is 6.16. The highest BCUT2D eigenvalue weighted by molar-refractivity contribution is 8.03. The Morgan fingerprint density at radius 2 is 2.10 bits per heavy atom. The second-order valence-electron chi connectivity index (χ2n) is 1.85. The van der Waals surface area contributed by atoms with Gasteiger partial charge < -0.3 is 0 Å². The third-order valence-electron chi connectivity index (χ3n) is 0.920. The summed E-state index contributed by atoms with van der Waals surface area (Å²) >= 11 is 0.871. The van der Waals surface area contributed by atoms with E-state index in [9.17, 15) is 8.42 Å². The maximum Gasteiger partial charge on any atom is 0.278 e.